The highest BCUT2D eigenvalue weighted by molar-refractivity contribution is 7.89. The largest absolute Gasteiger partial charge is 0.350 e. The van der Waals surface area contributed by atoms with Gasteiger partial charge in [-0.25, -0.2) is 8.42 Å². The van der Waals surface area contributed by atoms with Crippen LogP contribution in [-0.2, 0) is 32.6 Å². The average molecular weight is 641 g/mol. The molecule has 1 N–H and O–H groups in total. The van der Waals surface area contributed by atoms with Gasteiger partial charge in [-0.2, -0.15) is 4.31 Å². The molecule has 4 rings (SSSR count). The molecule has 10 heteroatoms. The number of hydrogen-bond acceptors (Lipinski definition) is 4. The van der Waals surface area contributed by atoms with Crippen LogP contribution in [0, 0.1) is 0 Å². The molecule has 0 fully saturated rings. The predicted molar refractivity (Wildman–Crippen MR) is 173 cm³/mol. The lowest BCUT2D eigenvalue weighted by Crippen LogP contribution is -2.56. The molecular formula is C33H35Cl2N3O4S. The van der Waals surface area contributed by atoms with Crippen molar-refractivity contribution < 1.29 is 18.0 Å². The summed E-state index contributed by atoms with van der Waals surface area (Å²) < 4.78 is 28.2. The lowest BCUT2D eigenvalue weighted by Gasteiger charge is -2.35. The van der Waals surface area contributed by atoms with E-state index in [4.69, 9.17) is 23.2 Å². The maximum absolute atomic E-state index is 14.1. The van der Waals surface area contributed by atoms with E-state index in [1.165, 1.54) is 18.0 Å². The number of sulfonamides is 1. The van der Waals surface area contributed by atoms with E-state index in [1.807, 2.05) is 75.4 Å². The summed E-state index contributed by atoms with van der Waals surface area (Å²) in [5, 5.41) is 5.31. The second-order valence-electron chi connectivity index (χ2n) is 11.4. The number of carbonyl (C=O) groups is 2. The lowest BCUT2D eigenvalue weighted by molar-refractivity contribution is -0.141. The van der Waals surface area contributed by atoms with Gasteiger partial charge in [0.1, 0.15) is 6.04 Å². The van der Waals surface area contributed by atoms with Crippen LogP contribution in [0.5, 0.6) is 0 Å². The number of benzene rings is 4. The standard InChI is InChI=1S/C33H35Cl2N3O4S/c1-33(2,3)36-32(40)30(19-23-11-6-5-7-12-23)38(21-27-28(34)15-10-16-29(27)35)31(39)22-37(4)43(41,42)26-18-17-24-13-8-9-14-25(24)20-26/h5-18,20,30H,19,21-22H2,1-4H3,(H,36,40). The van der Waals surface area contributed by atoms with E-state index in [1.54, 1.807) is 30.3 Å². The first kappa shape index (κ1) is 32.5. The first-order chi connectivity index (χ1) is 20.3. The lowest BCUT2D eigenvalue weighted by atomic mass is 10.0. The molecule has 43 heavy (non-hydrogen) atoms. The van der Waals surface area contributed by atoms with Crippen LogP contribution in [0.4, 0.5) is 0 Å². The van der Waals surface area contributed by atoms with Crippen molar-refractivity contribution in [1.29, 1.82) is 0 Å². The van der Waals surface area contributed by atoms with Crippen molar-refractivity contribution in [2.24, 2.45) is 0 Å². The van der Waals surface area contributed by atoms with Crippen molar-refractivity contribution in [2.75, 3.05) is 13.6 Å². The molecular weight excluding hydrogens is 605 g/mol. The van der Waals surface area contributed by atoms with Gasteiger partial charge < -0.3 is 10.2 Å². The summed E-state index contributed by atoms with van der Waals surface area (Å²) in [6.07, 6.45) is 0.192. The molecule has 0 spiro atoms. The minimum absolute atomic E-state index is 0.0634. The summed E-state index contributed by atoms with van der Waals surface area (Å²) in [5.74, 6) is -0.958. The molecule has 0 saturated carbocycles. The number of fused-ring (bicyclic) bond motifs is 1. The SMILES string of the molecule is CN(CC(=O)N(Cc1c(Cl)cccc1Cl)C(Cc1ccccc1)C(=O)NC(C)(C)C)S(=O)(=O)c1ccc2ccccc2c1. The minimum atomic E-state index is -4.05. The van der Waals surface area contributed by atoms with E-state index in [9.17, 15) is 18.0 Å². The van der Waals surface area contributed by atoms with Crippen molar-refractivity contribution >= 4 is 55.8 Å². The Labute approximate surface area is 263 Å². The van der Waals surface area contributed by atoms with E-state index in [2.05, 4.69) is 5.32 Å². The van der Waals surface area contributed by atoms with Crippen molar-refractivity contribution in [3.05, 3.63) is 112 Å². The second kappa shape index (κ2) is 13.5. The Hall–Kier alpha value is -3.43. The van der Waals surface area contributed by atoms with Crippen LogP contribution in [0.25, 0.3) is 10.8 Å². The summed E-state index contributed by atoms with van der Waals surface area (Å²) in [4.78, 5) is 29.4. The highest BCUT2D eigenvalue weighted by atomic mass is 35.5. The van der Waals surface area contributed by atoms with Gasteiger partial charge in [0, 0.05) is 41.2 Å². The van der Waals surface area contributed by atoms with Crippen molar-refractivity contribution in [3.8, 4) is 0 Å². The van der Waals surface area contributed by atoms with Gasteiger partial charge in [-0.1, -0.05) is 89.9 Å². The van der Waals surface area contributed by atoms with Gasteiger partial charge in [0.2, 0.25) is 21.8 Å². The summed E-state index contributed by atoms with van der Waals surface area (Å²) >= 11 is 13.0. The number of nitrogens with one attached hydrogen (secondary N) is 1. The van der Waals surface area contributed by atoms with Crippen LogP contribution in [0.2, 0.25) is 10.0 Å². The highest BCUT2D eigenvalue weighted by Gasteiger charge is 2.35. The number of likely N-dealkylation sites (N-methyl/N-ethyl adjacent to an activating group) is 1. The van der Waals surface area contributed by atoms with Crippen LogP contribution in [0.3, 0.4) is 0 Å². The van der Waals surface area contributed by atoms with E-state index in [0.29, 0.717) is 15.6 Å². The van der Waals surface area contributed by atoms with Crippen molar-refractivity contribution in [1.82, 2.24) is 14.5 Å². The van der Waals surface area contributed by atoms with Crippen molar-refractivity contribution in [3.63, 3.8) is 0 Å². The maximum atomic E-state index is 14.1. The Balaban J connectivity index is 1.72. The zero-order valence-electron chi connectivity index (χ0n) is 24.6. The molecule has 1 atom stereocenters. The Morgan fingerprint density at radius 1 is 0.837 bits per heavy atom. The summed E-state index contributed by atoms with van der Waals surface area (Å²) in [5.41, 5.74) is 0.705. The minimum Gasteiger partial charge on any atom is -0.350 e. The molecule has 226 valence electrons. The number of nitrogens with zero attached hydrogens (tertiary/aromatic N) is 2. The fraction of sp³-hybridized carbons (Fsp3) is 0.273. The molecule has 0 radical (unpaired) electrons. The molecule has 0 aliphatic rings. The third kappa shape index (κ3) is 8.15. The highest BCUT2D eigenvalue weighted by Crippen LogP contribution is 2.28. The molecule has 0 aliphatic carbocycles. The number of hydrogen-bond donors (Lipinski definition) is 1. The van der Waals surface area contributed by atoms with E-state index >= 15 is 0 Å². The fourth-order valence-electron chi connectivity index (χ4n) is 4.73. The summed E-state index contributed by atoms with van der Waals surface area (Å²) in [6, 6.07) is 25.6. The quantitative estimate of drug-likeness (QED) is 0.220. The van der Waals surface area contributed by atoms with Crippen LogP contribution in [0.15, 0.2) is 95.9 Å². The molecule has 0 aromatic heterocycles. The molecule has 7 nitrogen and oxygen atoms in total. The Bertz CT molecular complexity index is 1700. The van der Waals surface area contributed by atoms with Gasteiger partial charge in [-0.15, -0.1) is 0 Å². The molecule has 0 saturated heterocycles. The van der Waals surface area contributed by atoms with Crippen molar-refractivity contribution in [2.45, 2.75) is 50.2 Å². The third-order valence-electron chi connectivity index (χ3n) is 6.95. The Morgan fingerprint density at radius 3 is 2.07 bits per heavy atom. The Kier molecular flexibility index (Phi) is 10.2. The van der Waals surface area contributed by atoms with Gasteiger partial charge in [-0.05, 0) is 61.4 Å². The average Bonchev–Trinajstić information content (AvgIpc) is 2.95. The van der Waals surface area contributed by atoms with Crippen LogP contribution >= 0.6 is 23.2 Å². The zero-order chi connectivity index (χ0) is 31.4. The monoisotopic (exact) mass is 639 g/mol. The predicted octanol–water partition coefficient (Wildman–Crippen LogP) is 6.32. The molecule has 2 amide bonds. The maximum Gasteiger partial charge on any atom is 0.243 e. The number of amides is 2. The smallest absolute Gasteiger partial charge is 0.243 e. The fourth-order valence-corrected chi connectivity index (χ4v) is 6.41. The molecule has 0 aliphatic heterocycles. The van der Waals surface area contributed by atoms with Crippen LogP contribution in [0.1, 0.15) is 31.9 Å². The van der Waals surface area contributed by atoms with E-state index in [-0.39, 0.29) is 23.8 Å². The molecule has 1 unspecified atom stereocenters. The summed E-state index contributed by atoms with van der Waals surface area (Å²) in [7, 11) is -2.70. The van der Waals surface area contributed by atoms with Gasteiger partial charge in [0.05, 0.1) is 11.4 Å². The van der Waals surface area contributed by atoms with E-state index in [0.717, 1.165) is 20.6 Å². The topological polar surface area (TPSA) is 86.8 Å². The Morgan fingerprint density at radius 2 is 1.44 bits per heavy atom. The second-order valence-corrected chi connectivity index (χ2v) is 14.3. The molecule has 4 aromatic rings. The normalized spacial score (nSPS) is 12.7. The van der Waals surface area contributed by atoms with Crippen LogP contribution < -0.4 is 5.32 Å². The van der Waals surface area contributed by atoms with Gasteiger partial charge >= 0.3 is 0 Å². The first-order valence-electron chi connectivity index (χ1n) is 13.8. The first-order valence-corrected chi connectivity index (χ1v) is 16.0. The van der Waals surface area contributed by atoms with Gasteiger partial charge in [-0.3, -0.25) is 9.59 Å². The zero-order valence-corrected chi connectivity index (χ0v) is 26.9. The number of carbonyl (C=O) groups excluding carboxylic acids is 2. The van der Waals surface area contributed by atoms with Gasteiger partial charge in [0.25, 0.3) is 0 Å². The summed E-state index contributed by atoms with van der Waals surface area (Å²) in [6.45, 7) is 4.95. The van der Waals surface area contributed by atoms with Crippen LogP contribution in [-0.4, -0.2) is 54.6 Å². The molecule has 4 aromatic carbocycles. The third-order valence-corrected chi connectivity index (χ3v) is 9.45. The number of rotatable bonds is 10. The molecule has 0 bridgehead atoms. The van der Waals surface area contributed by atoms with E-state index < -0.39 is 34.1 Å². The number of halogens is 2. The van der Waals surface area contributed by atoms with Gasteiger partial charge in [0.15, 0.2) is 0 Å². The molecule has 0 heterocycles.